The largest absolute Gasteiger partial charge is 0.351 e. The molecule has 3 rings (SSSR count). The van der Waals surface area contributed by atoms with Crippen LogP contribution in [0.2, 0.25) is 0 Å². The first-order chi connectivity index (χ1) is 11.6. The fraction of sp³-hybridized carbons (Fsp3) is 0.375. The predicted molar refractivity (Wildman–Crippen MR) is 88.5 cm³/mol. The van der Waals surface area contributed by atoms with Crippen LogP contribution in [0.1, 0.15) is 28.3 Å². The fourth-order valence-corrected chi connectivity index (χ4v) is 2.52. The summed E-state index contributed by atoms with van der Waals surface area (Å²) >= 11 is 0. The lowest BCUT2D eigenvalue weighted by atomic mass is 10.3. The van der Waals surface area contributed by atoms with Crippen LogP contribution < -0.4 is 5.32 Å². The lowest BCUT2D eigenvalue weighted by molar-refractivity contribution is 0.0946. The molecule has 0 aliphatic heterocycles. The van der Waals surface area contributed by atoms with E-state index in [2.05, 4.69) is 20.6 Å². The number of rotatable bonds is 7. The van der Waals surface area contributed by atoms with Crippen LogP contribution in [0.5, 0.6) is 0 Å². The quantitative estimate of drug-likeness (QED) is 0.662. The van der Waals surface area contributed by atoms with E-state index in [0.29, 0.717) is 18.9 Å². The van der Waals surface area contributed by atoms with Crippen molar-refractivity contribution in [3.63, 3.8) is 0 Å². The molecule has 0 unspecified atom stereocenters. The second-order valence-electron chi connectivity index (χ2n) is 5.69. The van der Waals surface area contributed by atoms with Gasteiger partial charge in [0.05, 0.1) is 5.69 Å². The van der Waals surface area contributed by atoms with Crippen molar-refractivity contribution in [1.82, 2.24) is 34.7 Å². The summed E-state index contributed by atoms with van der Waals surface area (Å²) in [6.45, 7) is 5.87. The summed E-state index contributed by atoms with van der Waals surface area (Å²) in [5.41, 5.74) is 2.56. The summed E-state index contributed by atoms with van der Waals surface area (Å²) in [4.78, 5) is 12.1. The average molecular weight is 327 g/mol. The molecule has 0 bridgehead atoms. The summed E-state index contributed by atoms with van der Waals surface area (Å²) < 4.78 is 5.38. The minimum Gasteiger partial charge on any atom is -0.351 e. The molecule has 3 aromatic heterocycles. The molecule has 0 aromatic carbocycles. The molecule has 3 heterocycles. The van der Waals surface area contributed by atoms with Crippen LogP contribution in [-0.2, 0) is 13.2 Å². The predicted octanol–water partition coefficient (Wildman–Crippen LogP) is 1.22. The molecule has 8 nitrogen and oxygen atoms in total. The molecule has 0 radical (unpaired) electrons. The molecule has 3 aromatic rings. The Morgan fingerprint density at radius 3 is 2.79 bits per heavy atom. The Balaban J connectivity index is 1.45. The third-order valence-electron chi connectivity index (χ3n) is 3.66. The molecule has 1 N–H and O–H groups in total. The Labute approximate surface area is 140 Å². The van der Waals surface area contributed by atoms with E-state index in [4.69, 9.17) is 0 Å². The van der Waals surface area contributed by atoms with Gasteiger partial charge < -0.3 is 5.32 Å². The summed E-state index contributed by atoms with van der Waals surface area (Å²) in [5.74, 6) is -0.164. The van der Waals surface area contributed by atoms with Crippen molar-refractivity contribution in [1.29, 1.82) is 0 Å². The van der Waals surface area contributed by atoms with Crippen molar-refractivity contribution in [2.75, 3.05) is 6.54 Å². The number of aromatic nitrogens is 6. The topological polar surface area (TPSA) is 82.6 Å². The summed E-state index contributed by atoms with van der Waals surface area (Å²) in [5, 5.41) is 15.7. The molecule has 1 amide bonds. The van der Waals surface area contributed by atoms with Gasteiger partial charge in [-0.1, -0.05) is 0 Å². The lowest BCUT2D eigenvalue weighted by Crippen LogP contribution is -2.26. The van der Waals surface area contributed by atoms with Gasteiger partial charge >= 0.3 is 0 Å². The number of carbonyl (C=O) groups excluding carboxylic acids is 1. The molecule has 0 fully saturated rings. The van der Waals surface area contributed by atoms with Gasteiger partial charge in [0.15, 0.2) is 0 Å². The van der Waals surface area contributed by atoms with Crippen molar-refractivity contribution in [2.45, 2.75) is 33.5 Å². The number of carbonyl (C=O) groups is 1. The van der Waals surface area contributed by atoms with Crippen LogP contribution in [0.15, 0.2) is 36.8 Å². The van der Waals surface area contributed by atoms with Crippen LogP contribution in [-0.4, -0.2) is 41.8 Å². The number of hydrogen-bond acceptors (Lipinski definition) is 4. The number of aryl methyl sites for hydroxylation is 3. The van der Waals surface area contributed by atoms with Crippen LogP contribution in [0.25, 0.3) is 0 Å². The fourth-order valence-electron chi connectivity index (χ4n) is 2.52. The maximum absolute atomic E-state index is 12.1. The molecule has 0 aliphatic rings. The maximum Gasteiger partial charge on any atom is 0.271 e. The average Bonchev–Trinajstić information content (AvgIpc) is 3.27. The molecule has 8 heteroatoms. The smallest absolute Gasteiger partial charge is 0.271 e. The number of nitrogens with zero attached hydrogens (tertiary/aromatic N) is 6. The Hall–Kier alpha value is -2.90. The molecule has 0 saturated heterocycles. The first kappa shape index (κ1) is 16.0. The minimum absolute atomic E-state index is 0.164. The van der Waals surface area contributed by atoms with E-state index in [1.165, 1.54) is 0 Å². The number of nitrogens with one attached hydrogen (secondary N) is 1. The van der Waals surface area contributed by atoms with Crippen LogP contribution in [0.3, 0.4) is 0 Å². The molecule has 0 atom stereocenters. The van der Waals surface area contributed by atoms with Crippen molar-refractivity contribution >= 4 is 5.91 Å². The molecule has 24 heavy (non-hydrogen) atoms. The second-order valence-corrected chi connectivity index (χ2v) is 5.69. The Kier molecular flexibility index (Phi) is 4.74. The third-order valence-corrected chi connectivity index (χ3v) is 3.66. The van der Waals surface area contributed by atoms with Crippen molar-refractivity contribution in [3.8, 4) is 0 Å². The normalized spacial score (nSPS) is 10.9. The van der Waals surface area contributed by atoms with E-state index < -0.39 is 0 Å². The number of hydrogen-bond donors (Lipinski definition) is 1. The van der Waals surface area contributed by atoms with Gasteiger partial charge in [-0.2, -0.15) is 15.3 Å². The summed E-state index contributed by atoms with van der Waals surface area (Å²) in [6, 6.07) is 5.60. The molecule has 0 aliphatic carbocycles. The van der Waals surface area contributed by atoms with Crippen molar-refractivity contribution in [3.05, 3.63) is 53.9 Å². The molecular formula is C16H21N7O. The highest BCUT2D eigenvalue weighted by molar-refractivity contribution is 5.92. The highest BCUT2D eigenvalue weighted by atomic mass is 16.1. The molecular weight excluding hydrogens is 306 g/mol. The lowest BCUT2D eigenvalue weighted by Gasteiger charge is -2.05. The van der Waals surface area contributed by atoms with E-state index in [-0.39, 0.29) is 5.91 Å². The van der Waals surface area contributed by atoms with E-state index in [9.17, 15) is 4.79 Å². The van der Waals surface area contributed by atoms with Crippen LogP contribution in [0.4, 0.5) is 0 Å². The van der Waals surface area contributed by atoms with Crippen molar-refractivity contribution < 1.29 is 4.79 Å². The van der Waals surface area contributed by atoms with Gasteiger partial charge in [0, 0.05) is 37.4 Å². The van der Waals surface area contributed by atoms with Crippen LogP contribution in [0, 0.1) is 13.8 Å². The standard InChI is InChI=1S/C16H21N7O/c1-13-11-14(2)23(19-13)9-3-6-17-16(24)15-5-10-22(20-15)12-21-8-4-7-18-21/h4-5,7-8,10-11H,3,6,9,12H2,1-2H3,(H,17,24). The SMILES string of the molecule is Cc1cc(C)n(CCCNC(=O)c2ccn(Cn3cccn3)n2)n1. The maximum atomic E-state index is 12.1. The Morgan fingerprint density at radius 1 is 1.21 bits per heavy atom. The van der Waals surface area contributed by atoms with Gasteiger partial charge in [0.2, 0.25) is 0 Å². The molecule has 0 spiro atoms. The Bertz CT molecular complexity index is 800. The zero-order chi connectivity index (χ0) is 16.9. The van der Waals surface area contributed by atoms with Crippen molar-refractivity contribution in [2.24, 2.45) is 0 Å². The van der Waals surface area contributed by atoms with Gasteiger partial charge in [-0.25, -0.2) is 0 Å². The van der Waals surface area contributed by atoms with E-state index in [1.807, 2.05) is 36.9 Å². The zero-order valence-electron chi connectivity index (χ0n) is 13.9. The van der Waals surface area contributed by atoms with Gasteiger partial charge in [0.1, 0.15) is 12.4 Å². The van der Waals surface area contributed by atoms with E-state index in [1.54, 1.807) is 27.8 Å². The van der Waals surface area contributed by atoms with Gasteiger partial charge in [-0.3, -0.25) is 18.8 Å². The van der Waals surface area contributed by atoms with Gasteiger partial charge in [0.25, 0.3) is 5.91 Å². The third kappa shape index (κ3) is 3.89. The monoisotopic (exact) mass is 327 g/mol. The first-order valence-electron chi connectivity index (χ1n) is 7.92. The summed E-state index contributed by atoms with van der Waals surface area (Å²) in [7, 11) is 0. The highest BCUT2D eigenvalue weighted by Gasteiger charge is 2.09. The molecule has 0 saturated carbocycles. The van der Waals surface area contributed by atoms with Crippen LogP contribution >= 0.6 is 0 Å². The number of amides is 1. The van der Waals surface area contributed by atoms with Gasteiger partial charge in [-0.15, -0.1) is 0 Å². The summed E-state index contributed by atoms with van der Waals surface area (Å²) in [6.07, 6.45) is 6.15. The van der Waals surface area contributed by atoms with E-state index >= 15 is 0 Å². The first-order valence-corrected chi connectivity index (χ1v) is 7.92. The van der Waals surface area contributed by atoms with Gasteiger partial charge in [-0.05, 0) is 38.5 Å². The minimum atomic E-state index is -0.164. The molecule has 126 valence electrons. The Morgan fingerprint density at radius 2 is 2.08 bits per heavy atom. The zero-order valence-corrected chi connectivity index (χ0v) is 13.9. The highest BCUT2D eigenvalue weighted by Crippen LogP contribution is 2.02. The second kappa shape index (κ2) is 7.12. The van der Waals surface area contributed by atoms with E-state index in [0.717, 1.165) is 24.4 Å².